The highest BCUT2D eigenvalue weighted by Crippen LogP contribution is 2.58. The Hall–Kier alpha value is -0.560. The molecule has 0 aromatic heterocycles. The van der Waals surface area contributed by atoms with E-state index in [1.165, 1.54) is 5.57 Å². The number of aliphatic hydroxyl groups is 1. The molecule has 0 saturated carbocycles. The van der Waals surface area contributed by atoms with Crippen LogP contribution in [-0.2, 0) is 0 Å². The lowest BCUT2D eigenvalue weighted by Crippen LogP contribution is -2.43. The third-order valence-corrected chi connectivity index (χ3v) is 5.26. The van der Waals surface area contributed by atoms with Crippen molar-refractivity contribution in [3.8, 4) is 0 Å². The second-order valence-corrected chi connectivity index (χ2v) is 6.56. The van der Waals surface area contributed by atoms with E-state index < -0.39 is 5.60 Å². The average molecular weight is 220 g/mol. The van der Waals surface area contributed by atoms with Crippen LogP contribution in [0.15, 0.2) is 23.8 Å². The van der Waals surface area contributed by atoms with Crippen molar-refractivity contribution in [1.29, 1.82) is 0 Å². The molecule has 0 aromatic carbocycles. The minimum Gasteiger partial charge on any atom is -0.385 e. The van der Waals surface area contributed by atoms with E-state index in [9.17, 15) is 5.11 Å². The van der Waals surface area contributed by atoms with Crippen LogP contribution in [0, 0.1) is 16.7 Å². The highest BCUT2D eigenvalue weighted by atomic mass is 16.3. The van der Waals surface area contributed by atoms with Gasteiger partial charge in [0.05, 0.1) is 5.60 Å². The van der Waals surface area contributed by atoms with Gasteiger partial charge in [-0.3, -0.25) is 0 Å². The molecule has 0 bridgehead atoms. The second kappa shape index (κ2) is 3.22. The van der Waals surface area contributed by atoms with Crippen molar-refractivity contribution >= 4 is 0 Å². The standard InChI is InChI=1S/C15H24O/c1-11-7-8-12(15(11,5)16)14(4)10-6-9-13(14,2)3/h6,8-9,11,16H,7,10H2,1-5H3. The van der Waals surface area contributed by atoms with E-state index >= 15 is 0 Å². The quantitative estimate of drug-likeness (QED) is 0.668. The molecule has 0 fully saturated rings. The molecule has 2 aliphatic carbocycles. The summed E-state index contributed by atoms with van der Waals surface area (Å²) in [5, 5.41) is 10.7. The maximum absolute atomic E-state index is 10.7. The van der Waals surface area contributed by atoms with Crippen molar-refractivity contribution in [3.63, 3.8) is 0 Å². The summed E-state index contributed by atoms with van der Waals surface area (Å²) in [5.41, 5.74) is 0.856. The highest BCUT2D eigenvalue weighted by molar-refractivity contribution is 5.36. The molecule has 2 aliphatic rings. The molecule has 3 unspecified atom stereocenters. The molecule has 90 valence electrons. The van der Waals surface area contributed by atoms with Crippen molar-refractivity contribution < 1.29 is 5.11 Å². The summed E-state index contributed by atoms with van der Waals surface area (Å²) < 4.78 is 0. The zero-order valence-electron chi connectivity index (χ0n) is 11.2. The van der Waals surface area contributed by atoms with E-state index in [0.717, 1.165) is 12.8 Å². The Kier molecular flexibility index (Phi) is 2.40. The van der Waals surface area contributed by atoms with Gasteiger partial charge in [0.25, 0.3) is 0 Å². The fraction of sp³-hybridized carbons (Fsp3) is 0.733. The maximum atomic E-state index is 10.7. The van der Waals surface area contributed by atoms with Crippen molar-refractivity contribution in [3.05, 3.63) is 23.8 Å². The van der Waals surface area contributed by atoms with E-state index in [4.69, 9.17) is 0 Å². The first-order chi connectivity index (χ1) is 7.22. The molecule has 1 heteroatoms. The van der Waals surface area contributed by atoms with Crippen molar-refractivity contribution in [1.82, 2.24) is 0 Å². The summed E-state index contributed by atoms with van der Waals surface area (Å²) in [6.45, 7) is 11.0. The van der Waals surface area contributed by atoms with Gasteiger partial charge in [0.15, 0.2) is 0 Å². The fourth-order valence-electron chi connectivity index (χ4n) is 3.27. The third-order valence-electron chi connectivity index (χ3n) is 5.26. The van der Waals surface area contributed by atoms with Crippen LogP contribution in [0.1, 0.15) is 47.5 Å². The van der Waals surface area contributed by atoms with E-state index in [1.54, 1.807) is 0 Å². The molecule has 0 heterocycles. The molecule has 0 aromatic rings. The van der Waals surface area contributed by atoms with Crippen LogP contribution < -0.4 is 0 Å². The number of hydrogen-bond donors (Lipinski definition) is 1. The van der Waals surface area contributed by atoms with Gasteiger partial charge < -0.3 is 5.11 Å². The van der Waals surface area contributed by atoms with Gasteiger partial charge in [-0.1, -0.05) is 45.9 Å². The number of hydrogen-bond acceptors (Lipinski definition) is 1. The van der Waals surface area contributed by atoms with Gasteiger partial charge in [0, 0.05) is 5.41 Å². The lowest BCUT2D eigenvalue weighted by atomic mass is 9.61. The zero-order chi connectivity index (χ0) is 12.2. The van der Waals surface area contributed by atoms with Crippen LogP contribution in [0.5, 0.6) is 0 Å². The molecule has 0 saturated heterocycles. The summed E-state index contributed by atoms with van der Waals surface area (Å²) in [7, 11) is 0. The van der Waals surface area contributed by atoms with Gasteiger partial charge in [-0.2, -0.15) is 0 Å². The molecular formula is C15H24O. The molecular weight excluding hydrogens is 196 g/mol. The number of allylic oxidation sites excluding steroid dienone is 3. The van der Waals surface area contributed by atoms with Gasteiger partial charge in [-0.15, -0.1) is 0 Å². The molecule has 1 nitrogen and oxygen atoms in total. The van der Waals surface area contributed by atoms with E-state index in [0.29, 0.717) is 5.92 Å². The molecule has 16 heavy (non-hydrogen) atoms. The Balaban J connectivity index is 2.41. The molecule has 1 N–H and O–H groups in total. The fourth-order valence-corrected chi connectivity index (χ4v) is 3.27. The third kappa shape index (κ3) is 1.34. The summed E-state index contributed by atoms with van der Waals surface area (Å²) in [5.74, 6) is 0.343. The Labute approximate surface area is 99.3 Å². The summed E-state index contributed by atoms with van der Waals surface area (Å²) in [6.07, 6.45) is 8.90. The van der Waals surface area contributed by atoms with Crippen LogP contribution in [0.4, 0.5) is 0 Å². The molecule has 0 amide bonds. The molecule has 3 atom stereocenters. The van der Waals surface area contributed by atoms with Crippen LogP contribution in [0.3, 0.4) is 0 Å². The van der Waals surface area contributed by atoms with Gasteiger partial charge in [0.2, 0.25) is 0 Å². The highest BCUT2D eigenvalue weighted by Gasteiger charge is 2.52. The Bertz CT molecular complexity index is 360. The summed E-state index contributed by atoms with van der Waals surface area (Å²) >= 11 is 0. The van der Waals surface area contributed by atoms with E-state index in [1.807, 2.05) is 6.92 Å². The Morgan fingerprint density at radius 1 is 1.25 bits per heavy atom. The van der Waals surface area contributed by atoms with Crippen LogP contribution >= 0.6 is 0 Å². The first-order valence-electron chi connectivity index (χ1n) is 6.33. The topological polar surface area (TPSA) is 20.2 Å². The number of rotatable bonds is 1. The van der Waals surface area contributed by atoms with Gasteiger partial charge >= 0.3 is 0 Å². The summed E-state index contributed by atoms with van der Waals surface area (Å²) in [6, 6.07) is 0. The van der Waals surface area contributed by atoms with Crippen LogP contribution in [-0.4, -0.2) is 10.7 Å². The Morgan fingerprint density at radius 2 is 1.88 bits per heavy atom. The van der Waals surface area contributed by atoms with Crippen molar-refractivity contribution in [2.24, 2.45) is 16.7 Å². The lowest BCUT2D eigenvalue weighted by Gasteiger charge is -2.45. The minimum atomic E-state index is -0.627. The van der Waals surface area contributed by atoms with Crippen LogP contribution in [0.2, 0.25) is 0 Å². The Morgan fingerprint density at radius 3 is 2.25 bits per heavy atom. The van der Waals surface area contributed by atoms with E-state index in [-0.39, 0.29) is 10.8 Å². The van der Waals surface area contributed by atoms with Crippen molar-refractivity contribution in [2.75, 3.05) is 0 Å². The lowest BCUT2D eigenvalue weighted by molar-refractivity contribution is 0.0221. The first kappa shape index (κ1) is 11.9. The minimum absolute atomic E-state index is 0.0846. The predicted molar refractivity (Wildman–Crippen MR) is 68.1 cm³/mol. The molecule has 2 rings (SSSR count). The monoisotopic (exact) mass is 220 g/mol. The second-order valence-electron chi connectivity index (χ2n) is 6.56. The van der Waals surface area contributed by atoms with Gasteiger partial charge in [0.1, 0.15) is 0 Å². The zero-order valence-corrected chi connectivity index (χ0v) is 11.2. The van der Waals surface area contributed by atoms with Crippen LogP contribution in [0.25, 0.3) is 0 Å². The SMILES string of the molecule is CC1CC=C(C2(C)CC=CC2(C)C)C1(C)O. The van der Waals surface area contributed by atoms with Gasteiger partial charge in [-0.05, 0) is 36.7 Å². The predicted octanol–water partition coefficient (Wildman–Crippen LogP) is 3.70. The molecule has 0 aliphatic heterocycles. The normalized spacial score (nSPS) is 46.1. The average Bonchev–Trinajstić information content (AvgIpc) is 2.54. The first-order valence-corrected chi connectivity index (χ1v) is 6.33. The molecule has 0 radical (unpaired) electrons. The molecule has 0 spiro atoms. The van der Waals surface area contributed by atoms with E-state index in [2.05, 4.69) is 45.9 Å². The van der Waals surface area contributed by atoms with Gasteiger partial charge in [-0.25, -0.2) is 0 Å². The largest absolute Gasteiger partial charge is 0.385 e. The smallest absolute Gasteiger partial charge is 0.0862 e. The summed E-state index contributed by atoms with van der Waals surface area (Å²) in [4.78, 5) is 0. The van der Waals surface area contributed by atoms with Crippen molar-refractivity contribution in [2.45, 2.75) is 53.1 Å². The maximum Gasteiger partial charge on any atom is 0.0862 e.